The molecular weight excluding hydrogens is 242 g/mol. The van der Waals surface area contributed by atoms with Gasteiger partial charge in [0.1, 0.15) is 5.78 Å². The molecule has 2 unspecified atom stereocenters. The molecule has 0 aliphatic heterocycles. The summed E-state index contributed by atoms with van der Waals surface area (Å²) in [6.45, 7) is 4.35. The Bertz CT molecular complexity index is 419. The van der Waals surface area contributed by atoms with Gasteiger partial charge in [-0.15, -0.1) is 11.8 Å². The number of Topliss-reactive ketones (excluding diaryl/α,β-unsaturated/α-hetero) is 1. The summed E-state index contributed by atoms with van der Waals surface area (Å²) in [5.41, 5.74) is 1.29. The number of carbonyl (C=O) groups is 1. The van der Waals surface area contributed by atoms with E-state index in [0.717, 1.165) is 17.7 Å². The number of aryl methyl sites for hydroxylation is 1. The van der Waals surface area contributed by atoms with Crippen molar-refractivity contribution in [3.05, 3.63) is 24.0 Å². The predicted octanol–water partition coefficient (Wildman–Crippen LogP) is 3.74. The Labute approximate surface area is 114 Å². The molecule has 18 heavy (non-hydrogen) atoms. The lowest BCUT2D eigenvalue weighted by Gasteiger charge is -2.03. The number of hydrogen-bond donors (Lipinski definition) is 0. The molecule has 0 aromatic carbocycles. The minimum absolute atomic E-state index is 0.341. The quantitative estimate of drug-likeness (QED) is 0.702. The molecule has 2 rings (SSSR count). The summed E-state index contributed by atoms with van der Waals surface area (Å²) in [7, 11) is 0. The molecule has 3 heteroatoms. The maximum absolute atomic E-state index is 11.8. The van der Waals surface area contributed by atoms with Crippen molar-refractivity contribution in [3.63, 3.8) is 0 Å². The van der Waals surface area contributed by atoms with Gasteiger partial charge in [-0.3, -0.25) is 9.78 Å². The Kier molecular flexibility index (Phi) is 4.81. The summed E-state index contributed by atoms with van der Waals surface area (Å²) in [5, 5.41) is 0. The van der Waals surface area contributed by atoms with Crippen LogP contribution in [0.25, 0.3) is 0 Å². The summed E-state index contributed by atoms with van der Waals surface area (Å²) in [4.78, 5) is 17.2. The lowest BCUT2D eigenvalue weighted by atomic mass is 10.1. The maximum atomic E-state index is 11.8. The Morgan fingerprint density at radius 2 is 2.28 bits per heavy atom. The number of carbonyl (C=O) groups excluding carboxylic acids is 1. The van der Waals surface area contributed by atoms with Gasteiger partial charge < -0.3 is 0 Å². The Balaban J connectivity index is 1.83. The molecule has 0 spiro atoms. The van der Waals surface area contributed by atoms with E-state index in [9.17, 15) is 4.79 Å². The van der Waals surface area contributed by atoms with Crippen LogP contribution >= 0.6 is 11.8 Å². The van der Waals surface area contributed by atoms with Gasteiger partial charge in [0, 0.05) is 23.2 Å². The van der Waals surface area contributed by atoms with Gasteiger partial charge in [-0.25, -0.2) is 0 Å². The van der Waals surface area contributed by atoms with Gasteiger partial charge in [0.15, 0.2) is 0 Å². The first-order valence-electron chi connectivity index (χ1n) is 6.80. The normalized spacial score (nSPS) is 21.9. The van der Waals surface area contributed by atoms with E-state index in [2.05, 4.69) is 24.9 Å². The molecule has 1 heterocycles. The molecule has 1 saturated carbocycles. The van der Waals surface area contributed by atoms with Crippen molar-refractivity contribution in [1.82, 2.24) is 4.98 Å². The smallest absolute Gasteiger partial charge is 0.146 e. The van der Waals surface area contributed by atoms with Crippen LogP contribution < -0.4 is 0 Å². The molecule has 1 aliphatic rings. The van der Waals surface area contributed by atoms with E-state index in [-0.39, 0.29) is 0 Å². The van der Waals surface area contributed by atoms with Crippen LogP contribution in [0.4, 0.5) is 0 Å². The fourth-order valence-corrected chi connectivity index (χ4v) is 2.99. The van der Waals surface area contributed by atoms with Crippen LogP contribution in [0, 0.1) is 11.8 Å². The summed E-state index contributed by atoms with van der Waals surface area (Å²) in [6.07, 6.45) is 8.39. The molecule has 1 aromatic heterocycles. The highest BCUT2D eigenvalue weighted by Gasteiger charge is 2.38. The number of nitrogens with zero attached hydrogens (tertiary/aromatic N) is 1. The molecule has 1 aromatic rings. The van der Waals surface area contributed by atoms with E-state index in [4.69, 9.17) is 0 Å². The molecule has 2 nitrogen and oxygen atoms in total. The Hall–Kier alpha value is -0.830. The SMILES string of the molecule is CCCCc1cncc(SCC(=O)C2CC2C)c1. The number of thioether (sulfide) groups is 1. The standard InChI is InChI=1S/C15H21NOS/c1-3-4-5-12-7-13(9-16-8-12)18-10-15(17)14-6-11(14)2/h7-9,11,14H,3-6,10H2,1-2H3. The van der Waals surface area contributed by atoms with Gasteiger partial charge in [0.05, 0.1) is 5.75 Å². The van der Waals surface area contributed by atoms with Crippen molar-refractivity contribution in [2.75, 3.05) is 5.75 Å². The summed E-state index contributed by atoms with van der Waals surface area (Å²) >= 11 is 1.63. The maximum Gasteiger partial charge on any atom is 0.146 e. The number of rotatable bonds is 7. The summed E-state index contributed by atoms with van der Waals surface area (Å²) in [5.74, 6) is 1.97. The molecule has 1 fully saturated rings. The third-order valence-corrected chi connectivity index (χ3v) is 4.48. The van der Waals surface area contributed by atoms with Crippen LogP contribution in [0.2, 0.25) is 0 Å². The monoisotopic (exact) mass is 263 g/mol. The zero-order valence-electron chi connectivity index (χ0n) is 11.2. The number of pyridine rings is 1. The van der Waals surface area contributed by atoms with Crippen LogP contribution in [-0.4, -0.2) is 16.5 Å². The van der Waals surface area contributed by atoms with E-state index in [1.807, 2.05) is 12.4 Å². The second-order valence-electron chi connectivity index (χ2n) is 5.21. The topological polar surface area (TPSA) is 30.0 Å². The van der Waals surface area contributed by atoms with E-state index in [1.165, 1.54) is 18.4 Å². The highest BCUT2D eigenvalue weighted by molar-refractivity contribution is 8.00. The first kappa shape index (κ1) is 13.6. The minimum Gasteiger partial charge on any atom is -0.298 e. The minimum atomic E-state index is 0.341. The molecule has 0 radical (unpaired) electrons. The zero-order chi connectivity index (χ0) is 13.0. The molecule has 0 bridgehead atoms. The van der Waals surface area contributed by atoms with Gasteiger partial charge in [0.2, 0.25) is 0 Å². The second-order valence-corrected chi connectivity index (χ2v) is 6.26. The third-order valence-electron chi connectivity index (χ3n) is 3.49. The molecule has 0 N–H and O–H groups in total. The van der Waals surface area contributed by atoms with Gasteiger partial charge in [-0.2, -0.15) is 0 Å². The van der Waals surface area contributed by atoms with Crippen LogP contribution in [0.3, 0.4) is 0 Å². The van der Waals surface area contributed by atoms with Crippen LogP contribution in [0.5, 0.6) is 0 Å². The first-order chi connectivity index (χ1) is 8.70. The van der Waals surface area contributed by atoms with Crippen LogP contribution in [0.1, 0.15) is 38.7 Å². The van der Waals surface area contributed by atoms with E-state index in [1.54, 1.807) is 11.8 Å². The number of hydrogen-bond acceptors (Lipinski definition) is 3. The molecular formula is C15H21NOS. The summed E-state index contributed by atoms with van der Waals surface area (Å²) < 4.78 is 0. The van der Waals surface area contributed by atoms with Gasteiger partial charge in [-0.1, -0.05) is 20.3 Å². The van der Waals surface area contributed by atoms with Crippen molar-refractivity contribution >= 4 is 17.5 Å². The lowest BCUT2D eigenvalue weighted by molar-refractivity contribution is -0.118. The van der Waals surface area contributed by atoms with Crippen molar-refractivity contribution < 1.29 is 4.79 Å². The van der Waals surface area contributed by atoms with Gasteiger partial charge in [0.25, 0.3) is 0 Å². The molecule has 2 atom stereocenters. The van der Waals surface area contributed by atoms with Crippen molar-refractivity contribution in [1.29, 1.82) is 0 Å². The molecule has 1 aliphatic carbocycles. The highest BCUT2D eigenvalue weighted by Crippen LogP contribution is 2.39. The summed E-state index contributed by atoms with van der Waals surface area (Å²) in [6, 6.07) is 2.18. The average Bonchev–Trinajstić information content (AvgIpc) is 3.11. The fourth-order valence-electron chi connectivity index (χ4n) is 2.09. The van der Waals surface area contributed by atoms with Gasteiger partial charge >= 0.3 is 0 Å². The van der Waals surface area contributed by atoms with E-state index >= 15 is 0 Å². The average molecular weight is 263 g/mol. The van der Waals surface area contributed by atoms with Gasteiger partial charge in [-0.05, 0) is 36.8 Å². The fraction of sp³-hybridized carbons (Fsp3) is 0.600. The van der Waals surface area contributed by atoms with E-state index < -0.39 is 0 Å². The van der Waals surface area contributed by atoms with Crippen molar-refractivity contribution in [2.24, 2.45) is 11.8 Å². The molecule has 98 valence electrons. The third kappa shape index (κ3) is 3.84. The van der Waals surface area contributed by atoms with E-state index in [0.29, 0.717) is 23.4 Å². The molecule has 0 amide bonds. The van der Waals surface area contributed by atoms with Crippen LogP contribution in [0.15, 0.2) is 23.4 Å². The zero-order valence-corrected chi connectivity index (χ0v) is 12.0. The number of ketones is 1. The van der Waals surface area contributed by atoms with Crippen molar-refractivity contribution in [2.45, 2.75) is 44.4 Å². The van der Waals surface area contributed by atoms with Crippen LogP contribution in [-0.2, 0) is 11.2 Å². The lowest BCUT2D eigenvalue weighted by Crippen LogP contribution is -2.04. The number of unbranched alkanes of at least 4 members (excludes halogenated alkanes) is 1. The Morgan fingerprint density at radius 3 is 2.94 bits per heavy atom. The second kappa shape index (κ2) is 6.37. The predicted molar refractivity (Wildman–Crippen MR) is 75.9 cm³/mol. The molecule has 0 saturated heterocycles. The number of aromatic nitrogens is 1. The highest BCUT2D eigenvalue weighted by atomic mass is 32.2. The largest absolute Gasteiger partial charge is 0.298 e. The Morgan fingerprint density at radius 1 is 1.50 bits per heavy atom. The first-order valence-corrected chi connectivity index (χ1v) is 7.78. The van der Waals surface area contributed by atoms with Crippen molar-refractivity contribution in [3.8, 4) is 0 Å².